The lowest BCUT2D eigenvalue weighted by Crippen LogP contribution is -2.59. The van der Waals surface area contributed by atoms with E-state index < -0.39 is 141 Å². The number of carbonyl (C=O) groups is 4. The van der Waals surface area contributed by atoms with E-state index >= 15 is 0 Å². The van der Waals surface area contributed by atoms with Crippen molar-refractivity contribution >= 4 is 23.7 Å². The van der Waals surface area contributed by atoms with E-state index in [4.69, 9.17) is 47.4 Å². The Morgan fingerprint density at radius 2 is 0.662 bits per heavy atom. The van der Waals surface area contributed by atoms with Gasteiger partial charge < -0.3 is 130 Å². The molecule has 3 saturated heterocycles. The number of aliphatic hydroxyl groups excluding tert-OH is 12. The second-order valence-electron chi connectivity index (χ2n) is 16.9. The van der Waals surface area contributed by atoms with Crippen LogP contribution < -0.4 is 16.0 Å². The second kappa shape index (κ2) is 33.0. The monoisotopic (exact) mass is 1040 g/mol. The highest BCUT2D eigenvalue weighted by molar-refractivity contribution is 5.76. The molecule has 0 saturated carbocycles. The van der Waals surface area contributed by atoms with Crippen molar-refractivity contribution in [2.24, 2.45) is 5.41 Å². The van der Waals surface area contributed by atoms with Crippen LogP contribution in [0.1, 0.15) is 25.7 Å². The van der Waals surface area contributed by atoms with Crippen LogP contribution >= 0.6 is 0 Å². The van der Waals surface area contributed by atoms with Crippen molar-refractivity contribution in [3.8, 4) is 0 Å². The highest BCUT2D eigenvalue weighted by Crippen LogP contribution is 2.25. The lowest BCUT2D eigenvalue weighted by molar-refractivity contribution is -0.300. The summed E-state index contributed by atoms with van der Waals surface area (Å²) in [6, 6.07) is 0. The summed E-state index contributed by atoms with van der Waals surface area (Å²) in [5, 5.41) is 135. The molecule has 30 nitrogen and oxygen atoms in total. The SMILES string of the molecule is O=C(O)CCOCC(COCCC(=O)NCCO[C@H]1O[C@H](CO)[C@@H](O)[C@H](O)[C@@H]1O)(COCCC(=O)NCCO[C@H]1O[C@H](CO)[C@@H](O)[C@H](O)[C@@H]1O)COCCC(=O)NCCO[C@H]1O[C@H](CO)[C@@H](O)[C@H](O)[C@@H]1O. The first-order valence-electron chi connectivity index (χ1n) is 23.0. The molecule has 3 aliphatic rings. The number of nitrogens with one attached hydrogen (secondary N) is 3. The molecule has 16 N–H and O–H groups in total. The number of aliphatic hydroxyl groups is 12. The number of carboxylic acid groups (broad SMARTS) is 1. The third-order valence-electron chi connectivity index (χ3n) is 11.2. The molecule has 3 fully saturated rings. The van der Waals surface area contributed by atoms with Crippen molar-refractivity contribution in [2.45, 2.75) is 118 Å². The minimum atomic E-state index is -1.65. The molecule has 3 amide bonds. The van der Waals surface area contributed by atoms with E-state index in [1.165, 1.54) is 0 Å². The van der Waals surface area contributed by atoms with Crippen molar-refractivity contribution in [3.63, 3.8) is 0 Å². The van der Waals surface area contributed by atoms with Crippen LogP contribution in [0.4, 0.5) is 0 Å². The Kier molecular flexibility index (Phi) is 29.0. The first-order valence-corrected chi connectivity index (χ1v) is 23.0. The topological polar surface area (TPSA) is 460 Å². The molecular formula is C41H73N3O27. The maximum atomic E-state index is 12.6. The summed E-state index contributed by atoms with van der Waals surface area (Å²) in [5.74, 6) is -2.62. The molecule has 414 valence electrons. The molecule has 3 heterocycles. The minimum Gasteiger partial charge on any atom is -0.481 e. The average Bonchev–Trinajstić information content (AvgIpc) is 3.35. The van der Waals surface area contributed by atoms with Gasteiger partial charge in [-0.25, -0.2) is 0 Å². The van der Waals surface area contributed by atoms with Gasteiger partial charge in [0.15, 0.2) is 18.9 Å². The van der Waals surface area contributed by atoms with Crippen LogP contribution in [0, 0.1) is 5.41 Å². The zero-order valence-electron chi connectivity index (χ0n) is 39.0. The molecule has 3 aliphatic heterocycles. The van der Waals surface area contributed by atoms with Crippen LogP contribution in [0.2, 0.25) is 0 Å². The summed E-state index contributed by atoms with van der Waals surface area (Å²) in [5.41, 5.74) is -1.22. The Morgan fingerprint density at radius 3 is 0.915 bits per heavy atom. The molecule has 0 aromatic rings. The molecule has 3 rings (SSSR count). The van der Waals surface area contributed by atoms with E-state index in [1.807, 2.05) is 0 Å². The maximum absolute atomic E-state index is 12.6. The van der Waals surface area contributed by atoms with Gasteiger partial charge in [0.2, 0.25) is 17.7 Å². The number of rotatable bonds is 35. The Balaban J connectivity index is 1.53. The highest BCUT2D eigenvalue weighted by Gasteiger charge is 2.46. The van der Waals surface area contributed by atoms with Crippen molar-refractivity contribution in [2.75, 3.05) is 112 Å². The number of carboxylic acids is 1. The summed E-state index contributed by atoms with van der Waals surface area (Å²) >= 11 is 0. The maximum Gasteiger partial charge on any atom is 0.305 e. The summed E-state index contributed by atoms with van der Waals surface area (Å²) in [4.78, 5) is 49.1. The first kappa shape index (κ1) is 62.3. The van der Waals surface area contributed by atoms with Gasteiger partial charge >= 0.3 is 5.97 Å². The van der Waals surface area contributed by atoms with E-state index in [0.29, 0.717) is 0 Å². The van der Waals surface area contributed by atoms with Gasteiger partial charge in [0.25, 0.3) is 0 Å². The summed E-state index contributed by atoms with van der Waals surface area (Å²) < 4.78 is 55.2. The third kappa shape index (κ3) is 21.0. The molecule has 71 heavy (non-hydrogen) atoms. The number of amides is 3. The van der Waals surface area contributed by atoms with Crippen LogP contribution in [0.5, 0.6) is 0 Å². The van der Waals surface area contributed by atoms with Gasteiger partial charge in [0.1, 0.15) is 73.2 Å². The van der Waals surface area contributed by atoms with E-state index in [-0.39, 0.29) is 118 Å². The molecular weight excluding hydrogens is 966 g/mol. The fraction of sp³-hybridized carbons (Fsp3) is 0.902. The van der Waals surface area contributed by atoms with Gasteiger partial charge in [-0.2, -0.15) is 0 Å². The number of carbonyl (C=O) groups excluding carboxylic acids is 3. The molecule has 0 radical (unpaired) electrons. The van der Waals surface area contributed by atoms with Crippen LogP contribution in [0.3, 0.4) is 0 Å². The molecule has 0 unspecified atom stereocenters. The minimum absolute atomic E-state index is 0.0748. The van der Waals surface area contributed by atoms with E-state index in [2.05, 4.69) is 16.0 Å². The Bertz CT molecular complexity index is 1380. The highest BCUT2D eigenvalue weighted by atomic mass is 16.7. The molecule has 0 aliphatic carbocycles. The molecule has 0 aromatic carbocycles. The van der Waals surface area contributed by atoms with Gasteiger partial charge in [0.05, 0.1) is 104 Å². The van der Waals surface area contributed by atoms with Gasteiger partial charge in [-0.05, 0) is 0 Å². The van der Waals surface area contributed by atoms with E-state index in [9.17, 15) is 85.6 Å². The third-order valence-corrected chi connectivity index (χ3v) is 11.2. The van der Waals surface area contributed by atoms with Crippen molar-refractivity contribution in [1.82, 2.24) is 16.0 Å². The van der Waals surface area contributed by atoms with Crippen molar-refractivity contribution in [1.29, 1.82) is 0 Å². The Hall–Kier alpha value is -3.00. The number of hydrogen-bond acceptors (Lipinski definition) is 26. The smallest absolute Gasteiger partial charge is 0.305 e. The fourth-order valence-electron chi connectivity index (χ4n) is 7.04. The fourth-order valence-corrected chi connectivity index (χ4v) is 7.04. The normalized spacial score (nSPS) is 31.2. The van der Waals surface area contributed by atoms with Gasteiger partial charge in [0, 0.05) is 38.9 Å². The van der Waals surface area contributed by atoms with Gasteiger partial charge in [-0.1, -0.05) is 0 Å². The lowest BCUT2D eigenvalue weighted by Gasteiger charge is -2.39. The van der Waals surface area contributed by atoms with Crippen LogP contribution in [0.15, 0.2) is 0 Å². The predicted molar refractivity (Wildman–Crippen MR) is 230 cm³/mol. The summed E-state index contributed by atoms with van der Waals surface area (Å²) in [6.45, 7) is -4.35. The van der Waals surface area contributed by atoms with Crippen LogP contribution in [0.25, 0.3) is 0 Å². The van der Waals surface area contributed by atoms with E-state index in [0.717, 1.165) is 0 Å². The predicted octanol–water partition coefficient (Wildman–Crippen LogP) is -9.52. The average molecular weight is 1040 g/mol. The van der Waals surface area contributed by atoms with Crippen LogP contribution in [-0.4, -0.2) is 294 Å². The van der Waals surface area contributed by atoms with E-state index in [1.54, 1.807) is 0 Å². The first-order chi connectivity index (χ1) is 33.9. The molecule has 0 bridgehead atoms. The quantitative estimate of drug-likeness (QED) is 0.0262. The summed E-state index contributed by atoms with van der Waals surface area (Å²) in [7, 11) is 0. The molecule has 0 spiro atoms. The number of ether oxygens (including phenoxy) is 10. The van der Waals surface area contributed by atoms with Crippen molar-refractivity contribution < 1.29 is 133 Å². The Labute approximate surface area is 407 Å². The summed E-state index contributed by atoms with van der Waals surface area (Å²) in [6.07, 6.45) is -23.2. The largest absolute Gasteiger partial charge is 0.481 e. The second-order valence-corrected chi connectivity index (χ2v) is 16.9. The van der Waals surface area contributed by atoms with Gasteiger partial charge in [-0.15, -0.1) is 0 Å². The standard InChI is InChI=1S/C41H73N3O27/c45-15-22-29(53)32(56)35(59)38(69-22)66-12-5-42-25(48)1-8-62-18-41(21-65-11-4-28(51)52,19-63-9-2-26(49)43-6-13-67-39-36(60)33(57)30(54)23(16-46)70-39)20-64-10-3-27(50)44-7-14-68-40-37(61)34(58)31(55)24(17-47)71-40/h22-24,29-40,45-47,53-61H,1-21H2,(H,42,48)(H,43,49)(H,44,50)(H,51,52)/t22-,23-,24-,29-,30-,31-,32+,33+,34+,35+,36+,37+,38+,39+,40+/m1/s1. The van der Waals surface area contributed by atoms with Gasteiger partial charge in [-0.3, -0.25) is 19.2 Å². The molecule has 0 aromatic heterocycles. The zero-order valence-corrected chi connectivity index (χ0v) is 39.0. The Morgan fingerprint density at radius 1 is 0.394 bits per heavy atom. The van der Waals surface area contributed by atoms with Crippen LogP contribution in [-0.2, 0) is 66.5 Å². The number of hydrogen-bond donors (Lipinski definition) is 16. The molecule has 15 atom stereocenters. The number of aliphatic carboxylic acids is 1. The van der Waals surface area contributed by atoms with Crippen molar-refractivity contribution in [3.05, 3.63) is 0 Å². The zero-order chi connectivity index (χ0) is 52.5. The molecule has 30 heteroatoms. The lowest BCUT2D eigenvalue weighted by atomic mass is 9.92.